The third-order valence-electron chi connectivity index (χ3n) is 5.24. The first-order chi connectivity index (χ1) is 13.6. The van der Waals surface area contributed by atoms with Gasteiger partial charge in [0.05, 0.1) is 42.4 Å². The Morgan fingerprint density at radius 1 is 1.36 bits per heavy atom. The highest BCUT2D eigenvalue weighted by molar-refractivity contribution is 5.70. The summed E-state index contributed by atoms with van der Waals surface area (Å²) >= 11 is 0. The van der Waals surface area contributed by atoms with E-state index in [-0.39, 0.29) is 12.6 Å². The predicted molar refractivity (Wildman–Crippen MR) is 106 cm³/mol. The summed E-state index contributed by atoms with van der Waals surface area (Å²) in [5.74, 6) is 0.191. The maximum absolute atomic E-state index is 11.9. The number of aryl methyl sites for hydroxylation is 2. The fourth-order valence-electron chi connectivity index (χ4n) is 3.83. The number of hydrogen-bond acceptors (Lipinski definition) is 7. The van der Waals surface area contributed by atoms with Gasteiger partial charge in [-0.25, -0.2) is 9.67 Å². The van der Waals surface area contributed by atoms with E-state index in [9.17, 15) is 9.90 Å². The fraction of sp³-hybridized carbons (Fsp3) is 0.600. The Morgan fingerprint density at radius 3 is 2.89 bits per heavy atom. The smallest absolute Gasteiger partial charge is 0.306 e. The number of aromatic nitrogens is 4. The lowest BCUT2D eigenvalue weighted by molar-refractivity contribution is -0.144. The maximum atomic E-state index is 11.9. The summed E-state index contributed by atoms with van der Waals surface area (Å²) in [6, 6.07) is 4.01. The highest BCUT2D eigenvalue weighted by Crippen LogP contribution is 2.30. The van der Waals surface area contributed by atoms with E-state index in [1.54, 1.807) is 11.7 Å². The van der Waals surface area contributed by atoms with Crippen molar-refractivity contribution < 1.29 is 14.6 Å². The van der Waals surface area contributed by atoms with Gasteiger partial charge >= 0.3 is 5.97 Å². The minimum absolute atomic E-state index is 0.113. The lowest BCUT2D eigenvalue weighted by Gasteiger charge is -2.35. The molecule has 1 N–H and O–H groups in total. The fourth-order valence-corrected chi connectivity index (χ4v) is 3.83. The molecule has 0 saturated carbocycles. The summed E-state index contributed by atoms with van der Waals surface area (Å²) in [6.07, 6.45) is 3.35. The van der Waals surface area contributed by atoms with Crippen molar-refractivity contribution in [1.82, 2.24) is 20.0 Å². The minimum atomic E-state index is -0.134. The van der Waals surface area contributed by atoms with Gasteiger partial charge in [-0.3, -0.25) is 4.79 Å². The Hall–Kier alpha value is -2.48. The van der Waals surface area contributed by atoms with Crippen LogP contribution in [-0.4, -0.2) is 50.8 Å². The minimum Gasteiger partial charge on any atom is -0.466 e. The second kappa shape index (κ2) is 9.14. The van der Waals surface area contributed by atoms with Crippen LogP contribution < -0.4 is 4.90 Å². The molecular formula is C20H29N5O3. The third kappa shape index (κ3) is 4.32. The number of pyridine rings is 1. The Morgan fingerprint density at radius 2 is 2.18 bits per heavy atom. The predicted octanol–water partition coefficient (Wildman–Crippen LogP) is 2.10. The van der Waals surface area contributed by atoms with Crippen molar-refractivity contribution in [2.24, 2.45) is 13.0 Å². The number of aliphatic hydroxyl groups excluding tert-OH is 1. The summed E-state index contributed by atoms with van der Waals surface area (Å²) in [5, 5.41) is 17.8. The molecule has 0 spiro atoms. The van der Waals surface area contributed by atoms with Crippen molar-refractivity contribution in [3.63, 3.8) is 0 Å². The molecule has 3 rings (SSSR count). The quantitative estimate of drug-likeness (QED) is 0.727. The molecule has 0 aliphatic carbocycles. The summed E-state index contributed by atoms with van der Waals surface area (Å²) < 4.78 is 6.68. The molecule has 1 aliphatic rings. The van der Waals surface area contributed by atoms with Crippen LogP contribution in [0, 0.1) is 5.92 Å². The molecule has 152 valence electrons. The number of anilines is 1. The topological polar surface area (TPSA) is 93.4 Å². The molecule has 3 heterocycles. The molecule has 0 aromatic carbocycles. The number of carbonyl (C=O) groups is 1. The zero-order chi connectivity index (χ0) is 20.1. The van der Waals surface area contributed by atoms with Crippen molar-refractivity contribution in [2.45, 2.75) is 46.1 Å². The van der Waals surface area contributed by atoms with Gasteiger partial charge in [-0.2, -0.15) is 0 Å². The molecule has 1 aliphatic heterocycles. The second-order valence-corrected chi connectivity index (χ2v) is 7.15. The Kier molecular flexibility index (Phi) is 6.61. The van der Waals surface area contributed by atoms with E-state index >= 15 is 0 Å². The summed E-state index contributed by atoms with van der Waals surface area (Å²) in [4.78, 5) is 19.0. The second-order valence-electron chi connectivity index (χ2n) is 7.15. The van der Waals surface area contributed by atoms with Crippen LogP contribution in [0.2, 0.25) is 0 Å². The first-order valence-electron chi connectivity index (χ1n) is 9.97. The van der Waals surface area contributed by atoms with E-state index in [1.807, 2.05) is 13.0 Å². The largest absolute Gasteiger partial charge is 0.466 e. The number of esters is 1. The number of aliphatic hydroxyl groups is 1. The van der Waals surface area contributed by atoms with Crippen molar-refractivity contribution in [3.8, 4) is 11.4 Å². The van der Waals surface area contributed by atoms with Crippen LogP contribution in [0.5, 0.6) is 0 Å². The lowest BCUT2D eigenvalue weighted by atomic mass is 9.94. The van der Waals surface area contributed by atoms with Crippen LogP contribution in [0.1, 0.15) is 44.5 Å². The SMILES string of the molecule is CCOC(=O)CC1CCCN(c2ccc(-c3nnn(C)c3CO)nc2CC)C1. The molecule has 0 amide bonds. The number of nitrogens with zero attached hydrogens (tertiary/aromatic N) is 5. The number of ether oxygens (including phenoxy) is 1. The van der Waals surface area contributed by atoms with E-state index in [0.29, 0.717) is 30.3 Å². The van der Waals surface area contributed by atoms with Crippen molar-refractivity contribution in [3.05, 3.63) is 23.5 Å². The van der Waals surface area contributed by atoms with Gasteiger partial charge in [-0.05, 0) is 44.2 Å². The van der Waals surface area contributed by atoms with E-state index < -0.39 is 0 Å². The molecule has 1 fully saturated rings. The van der Waals surface area contributed by atoms with E-state index in [4.69, 9.17) is 9.72 Å². The van der Waals surface area contributed by atoms with Gasteiger partial charge in [0, 0.05) is 20.1 Å². The van der Waals surface area contributed by atoms with Crippen molar-refractivity contribution in [1.29, 1.82) is 0 Å². The van der Waals surface area contributed by atoms with Crippen LogP contribution >= 0.6 is 0 Å². The average molecular weight is 387 g/mol. The van der Waals surface area contributed by atoms with Gasteiger partial charge in [-0.1, -0.05) is 12.1 Å². The van der Waals surface area contributed by atoms with Crippen LogP contribution in [0.4, 0.5) is 5.69 Å². The van der Waals surface area contributed by atoms with Crippen LogP contribution in [0.25, 0.3) is 11.4 Å². The lowest BCUT2D eigenvalue weighted by Crippen LogP contribution is -2.37. The van der Waals surface area contributed by atoms with Crippen molar-refractivity contribution >= 4 is 11.7 Å². The van der Waals surface area contributed by atoms with Crippen LogP contribution in [0.3, 0.4) is 0 Å². The molecule has 0 bridgehead atoms. The maximum Gasteiger partial charge on any atom is 0.306 e. The molecule has 1 atom stereocenters. The van der Waals surface area contributed by atoms with E-state index in [0.717, 1.165) is 49.4 Å². The zero-order valence-electron chi connectivity index (χ0n) is 16.9. The van der Waals surface area contributed by atoms with Crippen molar-refractivity contribution in [2.75, 3.05) is 24.6 Å². The highest BCUT2D eigenvalue weighted by Gasteiger charge is 2.25. The summed E-state index contributed by atoms with van der Waals surface area (Å²) in [7, 11) is 1.76. The normalized spacial score (nSPS) is 17.0. The molecule has 8 heteroatoms. The van der Waals surface area contributed by atoms with E-state index in [2.05, 4.69) is 28.2 Å². The first-order valence-corrected chi connectivity index (χ1v) is 9.97. The number of rotatable bonds is 7. The standard InChI is InChI=1S/C20H29N5O3/c1-4-15-17(25-10-6-7-14(12-25)11-19(27)28-5-2)9-8-16(21-15)20-18(13-26)24(3)23-22-20/h8-9,14,26H,4-7,10-13H2,1-3H3. The number of piperidine rings is 1. The number of carbonyl (C=O) groups excluding carboxylic acids is 1. The summed E-state index contributed by atoms with van der Waals surface area (Å²) in [5.41, 5.74) is 4.08. The van der Waals surface area contributed by atoms with Gasteiger partial charge in [0.25, 0.3) is 0 Å². The van der Waals surface area contributed by atoms with Crippen LogP contribution in [0.15, 0.2) is 12.1 Å². The number of hydrogen-bond donors (Lipinski definition) is 1. The third-order valence-corrected chi connectivity index (χ3v) is 5.24. The van der Waals surface area contributed by atoms with Gasteiger partial charge in [-0.15, -0.1) is 5.10 Å². The summed E-state index contributed by atoms with van der Waals surface area (Å²) in [6.45, 7) is 6.01. The van der Waals surface area contributed by atoms with Gasteiger partial charge < -0.3 is 14.7 Å². The van der Waals surface area contributed by atoms with Gasteiger partial charge in [0.2, 0.25) is 0 Å². The zero-order valence-corrected chi connectivity index (χ0v) is 16.9. The molecule has 1 unspecified atom stereocenters. The molecule has 2 aromatic heterocycles. The van der Waals surface area contributed by atoms with E-state index in [1.165, 1.54) is 0 Å². The van der Waals surface area contributed by atoms with Gasteiger partial charge in [0.15, 0.2) is 0 Å². The Bertz CT molecular complexity index is 820. The molecule has 2 aromatic rings. The average Bonchev–Trinajstić information content (AvgIpc) is 3.08. The molecule has 8 nitrogen and oxygen atoms in total. The molecule has 1 saturated heterocycles. The van der Waals surface area contributed by atoms with Crippen LogP contribution in [-0.2, 0) is 29.6 Å². The monoisotopic (exact) mass is 387 g/mol. The first kappa shape index (κ1) is 20.3. The molecule has 28 heavy (non-hydrogen) atoms. The highest BCUT2D eigenvalue weighted by atomic mass is 16.5. The van der Waals surface area contributed by atoms with Gasteiger partial charge in [0.1, 0.15) is 5.69 Å². The Balaban J connectivity index is 1.81. The molecular weight excluding hydrogens is 358 g/mol. The Labute approximate surface area is 165 Å². The molecule has 0 radical (unpaired) electrons.